The second-order valence-electron chi connectivity index (χ2n) is 8.34. The third-order valence-corrected chi connectivity index (χ3v) is 6.47. The second-order valence-corrected chi connectivity index (χ2v) is 8.77. The average Bonchev–Trinajstić information content (AvgIpc) is 3.39. The predicted molar refractivity (Wildman–Crippen MR) is 120 cm³/mol. The summed E-state index contributed by atoms with van der Waals surface area (Å²) in [5.74, 6) is 1.60. The fourth-order valence-corrected chi connectivity index (χ4v) is 4.80. The number of nitrogens with zero attached hydrogens (tertiary/aromatic N) is 2. The van der Waals surface area contributed by atoms with E-state index in [2.05, 4.69) is 35.3 Å². The van der Waals surface area contributed by atoms with Gasteiger partial charge in [0.25, 0.3) is 0 Å². The molecule has 162 valence electrons. The fraction of sp³-hybridized carbons (Fsp3) is 0.696. The maximum absolute atomic E-state index is 6.30. The maximum atomic E-state index is 6.30. The molecule has 2 fully saturated rings. The van der Waals surface area contributed by atoms with Crippen molar-refractivity contribution in [3.63, 3.8) is 0 Å². The van der Waals surface area contributed by atoms with Crippen LogP contribution in [0.2, 0.25) is 5.02 Å². The van der Waals surface area contributed by atoms with Crippen LogP contribution in [0.4, 0.5) is 0 Å². The van der Waals surface area contributed by atoms with Gasteiger partial charge in [-0.2, -0.15) is 0 Å². The van der Waals surface area contributed by atoms with Gasteiger partial charge in [-0.25, -0.2) is 0 Å². The van der Waals surface area contributed by atoms with E-state index in [1.807, 2.05) is 6.07 Å². The van der Waals surface area contributed by atoms with E-state index in [4.69, 9.17) is 26.1 Å². The summed E-state index contributed by atoms with van der Waals surface area (Å²) in [6, 6.07) is 8.39. The summed E-state index contributed by atoms with van der Waals surface area (Å²) < 4.78 is 10.8. The highest BCUT2D eigenvalue weighted by molar-refractivity contribution is 6.30. The number of aliphatic imine (C=N–C) groups is 1. The lowest BCUT2D eigenvalue weighted by Crippen LogP contribution is -2.41. The molecule has 1 aliphatic heterocycles. The first-order valence-corrected chi connectivity index (χ1v) is 11.4. The number of methoxy groups -OCH3 is 1. The SMILES string of the molecule is CCNC(=NCC1(c2cccc(Cl)c2)CCCC1)N1CCC(COCCOC)C1. The van der Waals surface area contributed by atoms with Crippen LogP contribution in [0, 0.1) is 5.92 Å². The van der Waals surface area contributed by atoms with Gasteiger partial charge in [0.05, 0.1) is 26.4 Å². The molecule has 0 amide bonds. The van der Waals surface area contributed by atoms with Crippen LogP contribution in [-0.4, -0.2) is 64.0 Å². The van der Waals surface area contributed by atoms with Crippen LogP contribution in [0.15, 0.2) is 29.3 Å². The van der Waals surface area contributed by atoms with Gasteiger partial charge in [-0.15, -0.1) is 0 Å². The van der Waals surface area contributed by atoms with Crippen LogP contribution in [-0.2, 0) is 14.9 Å². The predicted octanol–water partition coefficient (Wildman–Crippen LogP) is 4.10. The lowest BCUT2D eigenvalue weighted by atomic mass is 9.79. The molecule has 1 N–H and O–H groups in total. The van der Waals surface area contributed by atoms with Crippen molar-refractivity contribution < 1.29 is 9.47 Å². The molecule has 5 nitrogen and oxygen atoms in total. The van der Waals surface area contributed by atoms with Crippen molar-refractivity contribution in [2.24, 2.45) is 10.9 Å². The minimum atomic E-state index is 0.119. The molecule has 0 radical (unpaired) electrons. The standard InChI is InChI=1S/C23H36ClN3O2/c1-3-25-22(27-12-9-19(16-27)17-29-14-13-28-2)26-18-23(10-4-5-11-23)20-7-6-8-21(24)15-20/h6-8,15,19H,3-5,9-14,16-18H2,1-2H3,(H,25,26). The van der Waals surface area contributed by atoms with Gasteiger partial charge in [0.1, 0.15) is 0 Å². The van der Waals surface area contributed by atoms with E-state index >= 15 is 0 Å². The zero-order chi connectivity index (χ0) is 20.5. The number of rotatable bonds is 9. The van der Waals surface area contributed by atoms with Crippen LogP contribution in [0.1, 0.15) is 44.6 Å². The summed E-state index contributed by atoms with van der Waals surface area (Å²) >= 11 is 6.30. The van der Waals surface area contributed by atoms with Gasteiger partial charge in [0.2, 0.25) is 0 Å². The van der Waals surface area contributed by atoms with Crippen molar-refractivity contribution in [1.29, 1.82) is 0 Å². The minimum Gasteiger partial charge on any atom is -0.382 e. The molecular weight excluding hydrogens is 386 g/mol. The van der Waals surface area contributed by atoms with E-state index in [1.54, 1.807) is 7.11 Å². The van der Waals surface area contributed by atoms with Crippen molar-refractivity contribution in [2.75, 3.05) is 53.1 Å². The van der Waals surface area contributed by atoms with E-state index in [9.17, 15) is 0 Å². The van der Waals surface area contributed by atoms with Crippen LogP contribution in [0.3, 0.4) is 0 Å². The Balaban J connectivity index is 1.65. The zero-order valence-corrected chi connectivity index (χ0v) is 18.7. The molecule has 1 aromatic carbocycles. The average molecular weight is 422 g/mol. The molecule has 6 heteroatoms. The van der Waals surface area contributed by atoms with Crippen LogP contribution in [0.25, 0.3) is 0 Å². The van der Waals surface area contributed by atoms with Gasteiger partial charge in [-0.1, -0.05) is 36.6 Å². The molecule has 1 saturated heterocycles. The van der Waals surface area contributed by atoms with E-state index in [0.29, 0.717) is 19.1 Å². The number of ether oxygens (including phenoxy) is 2. The van der Waals surface area contributed by atoms with Crippen molar-refractivity contribution >= 4 is 17.6 Å². The normalized spacial score (nSPS) is 21.7. The summed E-state index contributed by atoms with van der Waals surface area (Å²) in [4.78, 5) is 7.52. The fourth-order valence-electron chi connectivity index (χ4n) is 4.61. The highest BCUT2D eigenvalue weighted by Crippen LogP contribution is 2.42. The zero-order valence-electron chi connectivity index (χ0n) is 18.0. The Morgan fingerprint density at radius 2 is 2.14 bits per heavy atom. The molecule has 0 spiro atoms. The van der Waals surface area contributed by atoms with Gasteiger partial charge in [0, 0.05) is 43.1 Å². The molecule has 29 heavy (non-hydrogen) atoms. The Kier molecular flexibility index (Phi) is 8.64. The van der Waals surface area contributed by atoms with Crippen molar-refractivity contribution in [2.45, 2.75) is 44.4 Å². The summed E-state index contributed by atoms with van der Waals surface area (Å²) in [5.41, 5.74) is 1.46. The van der Waals surface area contributed by atoms with Crippen LogP contribution < -0.4 is 5.32 Å². The van der Waals surface area contributed by atoms with Gasteiger partial charge < -0.3 is 19.7 Å². The highest BCUT2D eigenvalue weighted by Gasteiger charge is 2.36. The molecular formula is C23H36ClN3O2. The highest BCUT2D eigenvalue weighted by atomic mass is 35.5. The van der Waals surface area contributed by atoms with E-state index in [-0.39, 0.29) is 5.41 Å². The Bertz CT molecular complexity index is 661. The molecule has 1 saturated carbocycles. The summed E-state index contributed by atoms with van der Waals surface area (Å²) in [5, 5.41) is 4.33. The third-order valence-electron chi connectivity index (χ3n) is 6.23. The molecule has 2 aliphatic rings. The topological polar surface area (TPSA) is 46.1 Å². The lowest BCUT2D eigenvalue weighted by molar-refractivity contribution is 0.0536. The summed E-state index contributed by atoms with van der Waals surface area (Å²) in [6.07, 6.45) is 6.06. The molecule has 0 bridgehead atoms. The van der Waals surface area contributed by atoms with Crippen LogP contribution >= 0.6 is 11.6 Å². The number of hydrogen-bond acceptors (Lipinski definition) is 3. The Hall–Kier alpha value is -1.30. The molecule has 1 heterocycles. The molecule has 1 aliphatic carbocycles. The summed E-state index contributed by atoms with van der Waals surface area (Å²) in [7, 11) is 1.71. The van der Waals surface area contributed by atoms with Gasteiger partial charge in [-0.05, 0) is 43.9 Å². The smallest absolute Gasteiger partial charge is 0.193 e. The minimum absolute atomic E-state index is 0.119. The molecule has 0 aromatic heterocycles. The Labute approximate surface area is 180 Å². The number of benzene rings is 1. The number of guanidine groups is 1. The second kappa shape index (κ2) is 11.2. The lowest BCUT2D eigenvalue weighted by Gasteiger charge is -2.30. The monoisotopic (exact) mass is 421 g/mol. The van der Waals surface area contributed by atoms with Crippen LogP contribution in [0.5, 0.6) is 0 Å². The van der Waals surface area contributed by atoms with Crippen molar-refractivity contribution in [1.82, 2.24) is 10.2 Å². The molecule has 1 atom stereocenters. The largest absolute Gasteiger partial charge is 0.382 e. The maximum Gasteiger partial charge on any atom is 0.193 e. The number of likely N-dealkylation sites (tertiary alicyclic amines) is 1. The van der Waals surface area contributed by atoms with E-state index < -0.39 is 0 Å². The molecule has 1 unspecified atom stereocenters. The quantitative estimate of drug-likeness (QED) is 0.370. The first-order valence-electron chi connectivity index (χ1n) is 11.0. The van der Waals surface area contributed by atoms with Crippen molar-refractivity contribution in [3.8, 4) is 0 Å². The number of nitrogens with one attached hydrogen (secondary N) is 1. The Morgan fingerprint density at radius 1 is 1.31 bits per heavy atom. The molecule has 3 rings (SSSR count). The number of hydrogen-bond donors (Lipinski definition) is 1. The van der Waals surface area contributed by atoms with Gasteiger partial charge in [-0.3, -0.25) is 4.99 Å². The van der Waals surface area contributed by atoms with Gasteiger partial charge >= 0.3 is 0 Å². The summed E-state index contributed by atoms with van der Waals surface area (Å²) in [6.45, 7) is 8.01. The first kappa shape index (κ1) is 22.4. The first-order chi connectivity index (χ1) is 14.2. The third kappa shape index (κ3) is 6.09. The Morgan fingerprint density at radius 3 is 2.86 bits per heavy atom. The number of halogens is 1. The van der Waals surface area contributed by atoms with Crippen molar-refractivity contribution in [3.05, 3.63) is 34.9 Å². The van der Waals surface area contributed by atoms with Gasteiger partial charge in [0.15, 0.2) is 5.96 Å². The van der Waals surface area contributed by atoms with E-state index in [1.165, 1.54) is 31.2 Å². The van der Waals surface area contributed by atoms with E-state index in [0.717, 1.165) is 50.2 Å². The molecule has 1 aromatic rings.